The fourth-order valence-electron chi connectivity index (χ4n) is 1.27. The highest BCUT2D eigenvalue weighted by Crippen LogP contribution is 2.17. The molecule has 88 valence electrons. The molecule has 0 saturated heterocycles. The molecule has 5 nitrogen and oxygen atoms in total. The normalized spacial score (nSPS) is 10.2. The first-order valence-electron chi connectivity index (χ1n) is 4.89. The minimum atomic E-state index is -0.477. The number of aromatic hydroxyl groups is 1. The number of aromatic nitrogens is 2. The van der Waals surface area contributed by atoms with Gasteiger partial charge in [0.25, 0.3) is 5.56 Å². The molecule has 0 fully saturated rings. The van der Waals surface area contributed by atoms with E-state index in [0.717, 1.165) is 0 Å². The van der Waals surface area contributed by atoms with Crippen LogP contribution in [0.2, 0.25) is 0 Å². The third kappa shape index (κ3) is 2.25. The monoisotopic (exact) mass is 235 g/mol. The van der Waals surface area contributed by atoms with E-state index in [0.29, 0.717) is 0 Å². The molecule has 0 bridgehead atoms. The number of nitrogens with one attached hydrogen (secondary N) is 2. The molecule has 0 radical (unpaired) electrons. The summed E-state index contributed by atoms with van der Waals surface area (Å²) >= 11 is 0. The van der Waals surface area contributed by atoms with Crippen molar-refractivity contribution in [1.29, 1.82) is 0 Å². The van der Waals surface area contributed by atoms with Crippen molar-refractivity contribution in [2.24, 2.45) is 0 Å². The summed E-state index contributed by atoms with van der Waals surface area (Å²) in [5.74, 6) is -0.869. The quantitative estimate of drug-likeness (QED) is 0.739. The summed E-state index contributed by atoms with van der Waals surface area (Å²) in [6.45, 7) is 1.44. The highest BCUT2D eigenvalue weighted by molar-refractivity contribution is 5.54. The van der Waals surface area contributed by atoms with Crippen LogP contribution in [0.5, 0.6) is 5.88 Å². The summed E-state index contributed by atoms with van der Waals surface area (Å²) in [5, 5.41) is 11.9. The molecule has 0 spiro atoms. The van der Waals surface area contributed by atoms with Gasteiger partial charge in [-0.25, -0.2) is 4.39 Å². The van der Waals surface area contributed by atoms with Crippen LogP contribution in [0.15, 0.2) is 29.1 Å². The summed E-state index contributed by atoms with van der Waals surface area (Å²) in [4.78, 5) is 17.4. The van der Waals surface area contributed by atoms with Crippen LogP contribution < -0.4 is 10.9 Å². The average Bonchev–Trinajstić information content (AvgIpc) is 2.29. The molecule has 6 heteroatoms. The summed E-state index contributed by atoms with van der Waals surface area (Å²) in [7, 11) is 0. The van der Waals surface area contributed by atoms with Crippen molar-refractivity contribution in [3.63, 3.8) is 0 Å². The Morgan fingerprint density at radius 1 is 1.41 bits per heavy atom. The van der Waals surface area contributed by atoms with Crippen LogP contribution in [-0.2, 0) is 0 Å². The van der Waals surface area contributed by atoms with E-state index in [-0.39, 0.29) is 23.1 Å². The summed E-state index contributed by atoms with van der Waals surface area (Å²) in [6, 6.07) is 5.95. The number of benzene rings is 1. The topological polar surface area (TPSA) is 78.0 Å². The molecule has 0 aliphatic heterocycles. The number of aromatic amines is 1. The van der Waals surface area contributed by atoms with E-state index in [1.807, 2.05) is 0 Å². The number of rotatable bonds is 2. The molecule has 17 heavy (non-hydrogen) atoms. The van der Waals surface area contributed by atoms with Gasteiger partial charge in [0.2, 0.25) is 11.8 Å². The molecule has 0 atom stereocenters. The van der Waals surface area contributed by atoms with Crippen LogP contribution in [-0.4, -0.2) is 15.1 Å². The van der Waals surface area contributed by atoms with E-state index in [2.05, 4.69) is 15.3 Å². The van der Waals surface area contributed by atoms with Crippen molar-refractivity contribution >= 4 is 11.6 Å². The lowest BCUT2D eigenvalue weighted by Gasteiger charge is -2.06. The maximum Gasteiger partial charge on any atom is 0.259 e. The first kappa shape index (κ1) is 11.1. The van der Waals surface area contributed by atoms with Gasteiger partial charge >= 0.3 is 0 Å². The fourth-order valence-corrected chi connectivity index (χ4v) is 1.27. The highest BCUT2D eigenvalue weighted by Gasteiger charge is 2.07. The van der Waals surface area contributed by atoms with Gasteiger partial charge in [0.15, 0.2) is 0 Å². The molecule has 1 heterocycles. The standard InChI is InChI=1S/C11H10FN3O2/c1-6-9(16)14-11(15-10(6)17)13-8-5-3-2-4-7(8)12/h2-5H,1H3,(H3,13,14,15,16,17). The Labute approximate surface area is 96.0 Å². The van der Waals surface area contributed by atoms with Crippen molar-refractivity contribution in [2.45, 2.75) is 6.92 Å². The van der Waals surface area contributed by atoms with Crippen LogP contribution in [0, 0.1) is 12.7 Å². The van der Waals surface area contributed by atoms with Crippen LogP contribution in [0.4, 0.5) is 16.0 Å². The van der Waals surface area contributed by atoms with Crippen LogP contribution in [0.1, 0.15) is 5.56 Å². The zero-order valence-corrected chi connectivity index (χ0v) is 8.99. The molecule has 2 rings (SSSR count). The molecule has 0 unspecified atom stereocenters. The van der Waals surface area contributed by atoms with E-state index < -0.39 is 11.4 Å². The van der Waals surface area contributed by atoms with Crippen molar-refractivity contribution in [3.05, 3.63) is 46.0 Å². The molecular weight excluding hydrogens is 225 g/mol. The third-order valence-electron chi connectivity index (χ3n) is 2.25. The van der Waals surface area contributed by atoms with Crippen LogP contribution >= 0.6 is 0 Å². The first-order valence-corrected chi connectivity index (χ1v) is 4.89. The second-order valence-electron chi connectivity index (χ2n) is 3.47. The minimum absolute atomic E-state index is 0.0109. The van der Waals surface area contributed by atoms with E-state index in [4.69, 9.17) is 0 Å². The molecule has 1 aromatic heterocycles. The van der Waals surface area contributed by atoms with Crippen molar-refractivity contribution in [2.75, 3.05) is 5.32 Å². The van der Waals surface area contributed by atoms with E-state index in [1.165, 1.54) is 19.1 Å². The maximum absolute atomic E-state index is 13.3. The van der Waals surface area contributed by atoms with Gasteiger partial charge in [-0.15, -0.1) is 0 Å². The van der Waals surface area contributed by atoms with Gasteiger partial charge in [-0.1, -0.05) is 12.1 Å². The number of nitrogens with zero attached hydrogens (tertiary/aromatic N) is 1. The number of H-pyrrole nitrogens is 1. The third-order valence-corrected chi connectivity index (χ3v) is 2.25. The van der Waals surface area contributed by atoms with Gasteiger partial charge in [-0.2, -0.15) is 4.98 Å². The second-order valence-corrected chi connectivity index (χ2v) is 3.47. The number of halogens is 1. The Hall–Kier alpha value is -2.37. The Morgan fingerprint density at radius 3 is 2.76 bits per heavy atom. The van der Waals surface area contributed by atoms with E-state index in [1.54, 1.807) is 12.1 Å². The smallest absolute Gasteiger partial charge is 0.259 e. The largest absolute Gasteiger partial charge is 0.493 e. The number of para-hydroxylation sites is 1. The molecule has 1 aromatic carbocycles. The zero-order valence-electron chi connectivity index (χ0n) is 8.99. The lowest BCUT2D eigenvalue weighted by molar-refractivity contribution is 0.447. The minimum Gasteiger partial charge on any atom is -0.493 e. The van der Waals surface area contributed by atoms with Gasteiger partial charge in [0.05, 0.1) is 11.3 Å². The summed E-state index contributed by atoms with van der Waals surface area (Å²) < 4.78 is 13.3. The lowest BCUT2D eigenvalue weighted by Crippen LogP contribution is -2.13. The maximum atomic E-state index is 13.3. The molecule has 0 aliphatic carbocycles. The lowest BCUT2D eigenvalue weighted by atomic mass is 10.3. The van der Waals surface area contributed by atoms with Gasteiger partial charge < -0.3 is 10.4 Å². The number of hydrogen-bond acceptors (Lipinski definition) is 4. The highest BCUT2D eigenvalue weighted by atomic mass is 19.1. The Balaban J connectivity index is 2.38. The predicted octanol–water partition coefficient (Wildman–Crippen LogP) is 1.67. The Bertz CT molecular complexity index is 610. The number of hydrogen-bond donors (Lipinski definition) is 3. The van der Waals surface area contributed by atoms with Gasteiger partial charge in [0, 0.05) is 0 Å². The van der Waals surface area contributed by atoms with E-state index in [9.17, 15) is 14.3 Å². The molecule has 3 N–H and O–H groups in total. The summed E-state index contributed by atoms with van der Waals surface area (Å²) in [6.07, 6.45) is 0. The first-order chi connectivity index (χ1) is 8.08. The molecule has 0 saturated carbocycles. The molecular formula is C11H10FN3O2. The zero-order chi connectivity index (χ0) is 12.4. The van der Waals surface area contributed by atoms with Crippen molar-refractivity contribution in [1.82, 2.24) is 9.97 Å². The molecule has 0 aliphatic rings. The summed E-state index contributed by atoms with van der Waals surface area (Å²) in [5.41, 5.74) is -0.195. The van der Waals surface area contributed by atoms with Gasteiger partial charge in [-0.05, 0) is 19.1 Å². The Kier molecular flexibility index (Phi) is 2.78. The number of anilines is 2. The van der Waals surface area contributed by atoms with Gasteiger partial charge in [-0.3, -0.25) is 9.78 Å². The van der Waals surface area contributed by atoms with E-state index >= 15 is 0 Å². The second kappa shape index (κ2) is 4.25. The fraction of sp³-hybridized carbons (Fsp3) is 0.0909. The van der Waals surface area contributed by atoms with Gasteiger partial charge in [0.1, 0.15) is 5.82 Å². The van der Waals surface area contributed by atoms with Crippen molar-refractivity contribution in [3.8, 4) is 5.88 Å². The van der Waals surface area contributed by atoms with Crippen LogP contribution in [0.3, 0.4) is 0 Å². The molecule has 2 aromatic rings. The molecule has 0 amide bonds. The Morgan fingerprint density at radius 2 is 2.12 bits per heavy atom. The van der Waals surface area contributed by atoms with Crippen LogP contribution in [0.25, 0.3) is 0 Å². The average molecular weight is 235 g/mol. The van der Waals surface area contributed by atoms with Crippen molar-refractivity contribution < 1.29 is 9.50 Å². The predicted molar refractivity (Wildman–Crippen MR) is 60.9 cm³/mol. The SMILES string of the molecule is Cc1c(O)nc(Nc2ccccc2F)[nH]c1=O.